The summed E-state index contributed by atoms with van der Waals surface area (Å²) in [6.45, 7) is 1.77. The molecule has 122 valence electrons. The van der Waals surface area contributed by atoms with Gasteiger partial charge in [0.25, 0.3) is 11.8 Å². The topological polar surface area (TPSA) is 91.6 Å². The molecule has 2 aromatic rings. The largest absolute Gasteiger partial charge is 0.440 e. The van der Waals surface area contributed by atoms with Gasteiger partial charge in [-0.1, -0.05) is 6.92 Å². The number of benzene rings is 1. The summed E-state index contributed by atoms with van der Waals surface area (Å²) in [6, 6.07) is 9.07. The highest BCUT2D eigenvalue weighted by Crippen LogP contribution is 2.16. The van der Waals surface area contributed by atoms with Gasteiger partial charge in [-0.2, -0.15) is 0 Å². The first kappa shape index (κ1) is 17.1. The molecule has 1 heterocycles. The molecule has 0 aliphatic rings. The third kappa shape index (κ3) is 4.58. The molecule has 0 aliphatic heterocycles. The number of anilines is 1. The van der Waals surface area contributed by atoms with Gasteiger partial charge < -0.3 is 20.2 Å². The van der Waals surface area contributed by atoms with Gasteiger partial charge in [-0.05, 0) is 54.4 Å². The molecule has 1 atom stereocenters. The monoisotopic (exact) mass is 336 g/mol. The molecule has 0 saturated heterocycles. The Kier molecular flexibility index (Phi) is 5.78. The molecule has 0 fully saturated rings. The van der Waals surface area contributed by atoms with Gasteiger partial charge in [0.05, 0.1) is 12.6 Å². The van der Waals surface area contributed by atoms with Crippen molar-refractivity contribution >= 4 is 29.1 Å². The Labute approximate surface area is 138 Å². The Morgan fingerprint density at radius 3 is 2.39 bits per heavy atom. The molecular weight excluding hydrogens is 320 g/mol. The molecule has 0 bridgehead atoms. The van der Waals surface area contributed by atoms with Gasteiger partial charge in [-0.3, -0.25) is 9.59 Å². The Hall–Kier alpha value is -2.31. The summed E-state index contributed by atoms with van der Waals surface area (Å²) in [7, 11) is 0. The zero-order valence-electron chi connectivity index (χ0n) is 12.5. The molecule has 2 amide bonds. The summed E-state index contributed by atoms with van der Waals surface area (Å²) in [5.74, 6) is -0.604. The van der Waals surface area contributed by atoms with Crippen LogP contribution in [-0.2, 0) is 0 Å². The molecule has 1 aromatic heterocycles. The first-order valence-corrected chi connectivity index (χ1v) is 7.49. The number of hydrogen-bond acceptors (Lipinski definition) is 4. The van der Waals surface area contributed by atoms with Crippen LogP contribution in [0, 0.1) is 0 Å². The number of nitrogens with one attached hydrogen (secondary N) is 2. The number of carbonyl (C=O) groups is 2. The van der Waals surface area contributed by atoms with E-state index in [0.717, 1.165) is 0 Å². The third-order valence-electron chi connectivity index (χ3n) is 3.25. The molecule has 6 nitrogen and oxygen atoms in total. The fourth-order valence-electron chi connectivity index (χ4n) is 1.88. The van der Waals surface area contributed by atoms with Crippen LogP contribution in [0.25, 0.3) is 0 Å². The molecule has 0 aliphatic carbocycles. The molecule has 23 heavy (non-hydrogen) atoms. The maximum atomic E-state index is 12.0. The highest BCUT2D eigenvalue weighted by molar-refractivity contribution is 6.29. The van der Waals surface area contributed by atoms with E-state index in [9.17, 15) is 9.59 Å². The van der Waals surface area contributed by atoms with Crippen LogP contribution in [0.2, 0.25) is 5.22 Å². The smallest absolute Gasteiger partial charge is 0.291 e. The summed E-state index contributed by atoms with van der Waals surface area (Å²) in [5.41, 5.74) is 0.962. The zero-order chi connectivity index (χ0) is 16.8. The fraction of sp³-hybridized carbons (Fsp3) is 0.250. The van der Waals surface area contributed by atoms with E-state index >= 15 is 0 Å². The van der Waals surface area contributed by atoms with Crippen LogP contribution in [0.15, 0.2) is 40.8 Å². The number of furan rings is 1. The fourth-order valence-corrected chi connectivity index (χ4v) is 2.03. The summed E-state index contributed by atoms with van der Waals surface area (Å²) in [6.07, 6.45) is 0.641. The predicted molar refractivity (Wildman–Crippen MR) is 86.7 cm³/mol. The van der Waals surface area contributed by atoms with E-state index in [4.69, 9.17) is 21.1 Å². The number of hydrogen-bond donors (Lipinski definition) is 3. The van der Waals surface area contributed by atoms with Gasteiger partial charge in [0.2, 0.25) is 0 Å². The lowest BCUT2D eigenvalue weighted by Gasteiger charge is -2.14. The van der Waals surface area contributed by atoms with Crippen LogP contribution in [0.5, 0.6) is 0 Å². The van der Waals surface area contributed by atoms with Crippen molar-refractivity contribution in [2.45, 2.75) is 19.4 Å². The molecule has 2 rings (SSSR count). The quantitative estimate of drug-likeness (QED) is 0.756. The van der Waals surface area contributed by atoms with Crippen LogP contribution in [0.4, 0.5) is 5.69 Å². The molecular formula is C16H17ClN2O4. The average molecular weight is 337 g/mol. The van der Waals surface area contributed by atoms with Crippen molar-refractivity contribution in [1.29, 1.82) is 0 Å². The highest BCUT2D eigenvalue weighted by Gasteiger charge is 2.13. The Morgan fingerprint density at radius 2 is 1.87 bits per heavy atom. The van der Waals surface area contributed by atoms with E-state index in [1.807, 2.05) is 6.92 Å². The van der Waals surface area contributed by atoms with Crippen molar-refractivity contribution in [3.8, 4) is 0 Å². The van der Waals surface area contributed by atoms with Gasteiger partial charge in [0.1, 0.15) is 0 Å². The van der Waals surface area contributed by atoms with E-state index in [-0.39, 0.29) is 29.5 Å². The van der Waals surface area contributed by atoms with Crippen molar-refractivity contribution in [3.63, 3.8) is 0 Å². The summed E-state index contributed by atoms with van der Waals surface area (Å²) in [4.78, 5) is 23.9. The minimum Gasteiger partial charge on any atom is -0.440 e. The average Bonchev–Trinajstić information content (AvgIpc) is 2.99. The van der Waals surface area contributed by atoms with E-state index in [2.05, 4.69) is 10.6 Å². The minimum absolute atomic E-state index is 0.102. The first-order chi connectivity index (χ1) is 11.0. The van der Waals surface area contributed by atoms with E-state index in [1.54, 1.807) is 24.3 Å². The Morgan fingerprint density at radius 1 is 1.17 bits per heavy atom. The Bertz CT molecular complexity index is 678. The Balaban J connectivity index is 1.99. The molecule has 1 aromatic carbocycles. The standard InChI is InChI=1S/C16H17ClN2O4/c1-2-11(9-20)18-15(21)10-3-5-12(6-4-10)19-16(22)13-7-8-14(17)23-13/h3-8,11,20H,2,9H2,1H3,(H,18,21)(H,19,22). The molecule has 7 heteroatoms. The predicted octanol–water partition coefficient (Wildman–Crippen LogP) is 2.69. The van der Waals surface area contributed by atoms with Crippen molar-refractivity contribution in [1.82, 2.24) is 5.32 Å². The van der Waals surface area contributed by atoms with Crippen LogP contribution in [0.3, 0.4) is 0 Å². The normalized spacial score (nSPS) is 11.8. The molecule has 1 unspecified atom stereocenters. The second kappa shape index (κ2) is 7.80. The lowest BCUT2D eigenvalue weighted by molar-refractivity contribution is 0.0914. The van der Waals surface area contributed by atoms with Crippen molar-refractivity contribution in [3.05, 3.63) is 52.9 Å². The number of carbonyl (C=O) groups excluding carboxylic acids is 2. The maximum Gasteiger partial charge on any atom is 0.291 e. The second-order valence-corrected chi connectivity index (χ2v) is 5.27. The molecule has 3 N–H and O–H groups in total. The maximum absolute atomic E-state index is 12.0. The van der Waals surface area contributed by atoms with Crippen LogP contribution in [0.1, 0.15) is 34.3 Å². The van der Waals surface area contributed by atoms with Crippen molar-refractivity contribution in [2.75, 3.05) is 11.9 Å². The van der Waals surface area contributed by atoms with Gasteiger partial charge >= 0.3 is 0 Å². The van der Waals surface area contributed by atoms with Gasteiger partial charge in [-0.15, -0.1) is 0 Å². The summed E-state index contributed by atoms with van der Waals surface area (Å²) in [5, 5.41) is 14.6. The summed E-state index contributed by atoms with van der Waals surface area (Å²) < 4.78 is 5.01. The molecule has 0 radical (unpaired) electrons. The third-order valence-corrected chi connectivity index (χ3v) is 3.45. The summed E-state index contributed by atoms with van der Waals surface area (Å²) >= 11 is 5.62. The minimum atomic E-state index is -0.430. The van der Waals surface area contributed by atoms with Crippen LogP contribution >= 0.6 is 11.6 Å². The van der Waals surface area contributed by atoms with E-state index in [0.29, 0.717) is 17.7 Å². The number of rotatable bonds is 6. The van der Waals surface area contributed by atoms with Crippen molar-refractivity contribution < 1.29 is 19.1 Å². The number of aliphatic hydroxyl groups excluding tert-OH is 1. The lowest BCUT2D eigenvalue weighted by atomic mass is 10.1. The molecule has 0 saturated carbocycles. The molecule has 0 spiro atoms. The van der Waals surface area contributed by atoms with E-state index < -0.39 is 5.91 Å². The number of amides is 2. The van der Waals surface area contributed by atoms with Crippen LogP contribution < -0.4 is 10.6 Å². The van der Waals surface area contributed by atoms with Crippen molar-refractivity contribution in [2.24, 2.45) is 0 Å². The number of aliphatic hydroxyl groups is 1. The van der Waals surface area contributed by atoms with Crippen LogP contribution in [-0.4, -0.2) is 29.6 Å². The first-order valence-electron chi connectivity index (χ1n) is 7.12. The number of halogens is 1. The lowest BCUT2D eigenvalue weighted by Crippen LogP contribution is -2.36. The van der Waals surface area contributed by atoms with Gasteiger partial charge in [0.15, 0.2) is 11.0 Å². The van der Waals surface area contributed by atoms with Gasteiger partial charge in [0, 0.05) is 11.3 Å². The van der Waals surface area contributed by atoms with E-state index in [1.165, 1.54) is 12.1 Å². The van der Waals surface area contributed by atoms with Gasteiger partial charge in [-0.25, -0.2) is 0 Å². The second-order valence-electron chi connectivity index (χ2n) is 4.90. The highest BCUT2D eigenvalue weighted by atomic mass is 35.5. The SMILES string of the molecule is CCC(CO)NC(=O)c1ccc(NC(=O)c2ccc(Cl)o2)cc1. The zero-order valence-corrected chi connectivity index (χ0v) is 13.3.